The molecular weight excluding hydrogens is 245 g/mol. The molecule has 2 aromatic carbocycles. The van der Waals surface area contributed by atoms with E-state index in [2.05, 4.69) is 5.32 Å². The number of benzene rings is 2. The fourth-order valence-electron chi connectivity index (χ4n) is 1.65. The van der Waals surface area contributed by atoms with E-state index >= 15 is 0 Å². The van der Waals surface area contributed by atoms with E-state index in [1.807, 2.05) is 31.3 Å². The second-order valence-electron chi connectivity index (χ2n) is 4.02. The van der Waals surface area contributed by atoms with Crippen LogP contribution in [0.1, 0.15) is 5.56 Å². The molecule has 2 rings (SSSR count). The normalized spacial score (nSPS) is 10.1. The maximum absolute atomic E-state index is 13.7. The van der Waals surface area contributed by atoms with E-state index in [4.69, 9.17) is 9.47 Å². The summed E-state index contributed by atoms with van der Waals surface area (Å²) in [5.41, 5.74) is 1.50. The fourth-order valence-corrected chi connectivity index (χ4v) is 1.65. The highest BCUT2D eigenvalue weighted by atomic mass is 19.1. The van der Waals surface area contributed by atoms with Gasteiger partial charge in [0, 0.05) is 24.4 Å². The lowest BCUT2D eigenvalue weighted by atomic mass is 10.2. The average Bonchev–Trinajstić information content (AvgIpc) is 2.46. The van der Waals surface area contributed by atoms with Crippen molar-refractivity contribution in [2.75, 3.05) is 19.5 Å². The van der Waals surface area contributed by atoms with E-state index in [1.54, 1.807) is 12.1 Å². The Bertz CT molecular complexity index is 540. The molecule has 4 heteroatoms. The molecular formula is C15H16FNO2. The Morgan fingerprint density at radius 3 is 2.32 bits per heavy atom. The van der Waals surface area contributed by atoms with E-state index in [9.17, 15) is 4.39 Å². The standard InChI is InChI=1S/C15H16FNO2/c1-17-12-4-7-13(8-5-12)19-10-11-3-6-14(18-2)9-15(11)16/h3-9,17H,10H2,1-2H3. The first-order valence-corrected chi connectivity index (χ1v) is 5.96. The van der Waals surface area contributed by atoms with Gasteiger partial charge in [0.05, 0.1) is 7.11 Å². The van der Waals surface area contributed by atoms with E-state index in [0.29, 0.717) is 17.1 Å². The van der Waals surface area contributed by atoms with E-state index < -0.39 is 0 Å². The lowest BCUT2D eigenvalue weighted by Crippen LogP contribution is -1.99. The van der Waals surface area contributed by atoms with Gasteiger partial charge in [-0.3, -0.25) is 0 Å². The zero-order valence-electron chi connectivity index (χ0n) is 10.9. The van der Waals surface area contributed by atoms with Crippen LogP contribution >= 0.6 is 0 Å². The molecule has 0 fully saturated rings. The molecule has 0 aromatic heterocycles. The van der Waals surface area contributed by atoms with E-state index in [0.717, 1.165) is 5.69 Å². The zero-order chi connectivity index (χ0) is 13.7. The number of rotatable bonds is 5. The molecule has 0 saturated heterocycles. The van der Waals surface area contributed by atoms with E-state index in [1.165, 1.54) is 13.2 Å². The van der Waals surface area contributed by atoms with Crippen molar-refractivity contribution in [3.05, 3.63) is 53.8 Å². The second kappa shape index (κ2) is 6.09. The summed E-state index contributed by atoms with van der Waals surface area (Å²) in [5, 5.41) is 3.02. The van der Waals surface area contributed by atoms with Gasteiger partial charge < -0.3 is 14.8 Å². The van der Waals surface area contributed by atoms with Crippen molar-refractivity contribution in [3.8, 4) is 11.5 Å². The van der Waals surface area contributed by atoms with Crippen molar-refractivity contribution in [2.24, 2.45) is 0 Å². The Labute approximate surface area is 112 Å². The van der Waals surface area contributed by atoms with Crippen molar-refractivity contribution in [2.45, 2.75) is 6.61 Å². The molecule has 1 N–H and O–H groups in total. The lowest BCUT2D eigenvalue weighted by molar-refractivity contribution is 0.299. The summed E-state index contributed by atoms with van der Waals surface area (Å²) >= 11 is 0. The first kappa shape index (κ1) is 13.2. The summed E-state index contributed by atoms with van der Waals surface area (Å²) in [7, 11) is 3.36. The number of hydrogen-bond donors (Lipinski definition) is 1. The SMILES string of the molecule is CNc1ccc(OCc2ccc(OC)cc2F)cc1. The maximum Gasteiger partial charge on any atom is 0.133 e. The molecule has 0 bridgehead atoms. The van der Waals surface area contributed by atoms with Crippen LogP contribution in [0, 0.1) is 5.82 Å². The zero-order valence-corrected chi connectivity index (χ0v) is 10.9. The first-order chi connectivity index (χ1) is 9.22. The summed E-state index contributed by atoms with van der Waals surface area (Å²) in [4.78, 5) is 0. The average molecular weight is 261 g/mol. The van der Waals surface area contributed by atoms with Gasteiger partial charge in [-0.1, -0.05) is 0 Å². The van der Waals surface area contributed by atoms with Crippen LogP contribution in [-0.4, -0.2) is 14.2 Å². The molecule has 0 heterocycles. The van der Waals surface area contributed by atoms with Crippen molar-refractivity contribution < 1.29 is 13.9 Å². The summed E-state index contributed by atoms with van der Waals surface area (Å²) in [6.45, 7) is 0.189. The number of halogens is 1. The van der Waals surface area contributed by atoms with Crippen LogP contribution in [0.15, 0.2) is 42.5 Å². The molecule has 0 aliphatic heterocycles. The number of anilines is 1. The van der Waals surface area contributed by atoms with Gasteiger partial charge in [-0.2, -0.15) is 0 Å². The highest BCUT2D eigenvalue weighted by Crippen LogP contribution is 2.20. The summed E-state index contributed by atoms with van der Waals surface area (Å²) in [5.74, 6) is 0.875. The lowest BCUT2D eigenvalue weighted by Gasteiger charge is -2.09. The molecule has 3 nitrogen and oxygen atoms in total. The molecule has 100 valence electrons. The van der Waals surface area contributed by atoms with Gasteiger partial charge in [-0.15, -0.1) is 0 Å². The Hall–Kier alpha value is -2.23. The van der Waals surface area contributed by atoms with Gasteiger partial charge in [0.1, 0.15) is 23.9 Å². The van der Waals surface area contributed by atoms with Crippen molar-refractivity contribution in [3.63, 3.8) is 0 Å². The minimum atomic E-state index is -0.328. The highest BCUT2D eigenvalue weighted by molar-refractivity contribution is 5.45. The van der Waals surface area contributed by atoms with Crippen LogP contribution < -0.4 is 14.8 Å². The third-order valence-electron chi connectivity index (χ3n) is 2.80. The summed E-state index contributed by atoms with van der Waals surface area (Å²) in [6.07, 6.45) is 0. The number of ether oxygens (including phenoxy) is 2. The van der Waals surface area contributed by atoms with Gasteiger partial charge in [0.25, 0.3) is 0 Å². The molecule has 0 aliphatic rings. The predicted octanol–water partition coefficient (Wildman–Crippen LogP) is 3.46. The van der Waals surface area contributed by atoms with Gasteiger partial charge >= 0.3 is 0 Å². The third-order valence-corrected chi connectivity index (χ3v) is 2.80. The first-order valence-electron chi connectivity index (χ1n) is 5.96. The fraction of sp³-hybridized carbons (Fsp3) is 0.200. The van der Waals surface area contributed by atoms with Gasteiger partial charge in [0.15, 0.2) is 0 Å². The van der Waals surface area contributed by atoms with Crippen LogP contribution in [0.4, 0.5) is 10.1 Å². The Morgan fingerprint density at radius 2 is 1.74 bits per heavy atom. The molecule has 0 unspecified atom stereocenters. The van der Waals surface area contributed by atoms with Crippen LogP contribution in [-0.2, 0) is 6.61 Å². The maximum atomic E-state index is 13.7. The molecule has 0 amide bonds. The second-order valence-corrected chi connectivity index (χ2v) is 4.02. The van der Waals surface area contributed by atoms with Gasteiger partial charge in [-0.25, -0.2) is 4.39 Å². The Kier molecular flexibility index (Phi) is 4.23. The quantitative estimate of drug-likeness (QED) is 0.894. The molecule has 0 atom stereocenters. The van der Waals surface area contributed by atoms with Gasteiger partial charge in [-0.05, 0) is 36.4 Å². The van der Waals surface area contributed by atoms with Crippen LogP contribution in [0.3, 0.4) is 0 Å². The largest absolute Gasteiger partial charge is 0.497 e. The molecule has 19 heavy (non-hydrogen) atoms. The van der Waals surface area contributed by atoms with Crippen molar-refractivity contribution >= 4 is 5.69 Å². The number of hydrogen-bond acceptors (Lipinski definition) is 3. The van der Waals surface area contributed by atoms with Crippen molar-refractivity contribution in [1.82, 2.24) is 0 Å². The summed E-state index contributed by atoms with van der Waals surface area (Å²) in [6, 6.07) is 12.2. The minimum absolute atomic E-state index is 0.189. The summed E-state index contributed by atoms with van der Waals surface area (Å²) < 4.78 is 24.2. The van der Waals surface area contributed by atoms with Crippen LogP contribution in [0.25, 0.3) is 0 Å². The number of nitrogens with one attached hydrogen (secondary N) is 1. The Morgan fingerprint density at radius 1 is 1.05 bits per heavy atom. The monoisotopic (exact) mass is 261 g/mol. The Balaban J connectivity index is 2.01. The molecule has 0 radical (unpaired) electrons. The molecule has 0 aliphatic carbocycles. The molecule has 0 saturated carbocycles. The predicted molar refractivity (Wildman–Crippen MR) is 73.3 cm³/mol. The van der Waals surface area contributed by atoms with Crippen LogP contribution in [0.2, 0.25) is 0 Å². The minimum Gasteiger partial charge on any atom is -0.497 e. The highest BCUT2D eigenvalue weighted by Gasteiger charge is 2.05. The van der Waals surface area contributed by atoms with Gasteiger partial charge in [0.2, 0.25) is 0 Å². The van der Waals surface area contributed by atoms with Crippen LogP contribution in [0.5, 0.6) is 11.5 Å². The van der Waals surface area contributed by atoms with Crippen molar-refractivity contribution in [1.29, 1.82) is 0 Å². The topological polar surface area (TPSA) is 30.5 Å². The molecule has 0 spiro atoms. The smallest absolute Gasteiger partial charge is 0.133 e. The van der Waals surface area contributed by atoms with E-state index in [-0.39, 0.29) is 12.4 Å². The molecule has 2 aromatic rings. The number of methoxy groups -OCH3 is 1. The third kappa shape index (κ3) is 3.37.